The molecule has 2 atom stereocenters. The van der Waals surface area contributed by atoms with E-state index in [9.17, 15) is 4.79 Å². The summed E-state index contributed by atoms with van der Waals surface area (Å²) in [5.74, 6) is -0.142. The van der Waals surface area contributed by atoms with Crippen LogP contribution in [0.3, 0.4) is 0 Å². The monoisotopic (exact) mass is 276 g/mol. The van der Waals surface area contributed by atoms with Crippen LogP contribution >= 0.6 is 0 Å². The van der Waals surface area contributed by atoms with E-state index in [-0.39, 0.29) is 18.1 Å². The number of nitrogens with one attached hydrogen (secondary N) is 2. The zero-order valence-electron chi connectivity index (χ0n) is 12.7. The first kappa shape index (κ1) is 15.0. The minimum atomic E-state index is -0.157. The molecule has 20 heavy (non-hydrogen) atoms. The highest BCUT2D eigenvalue weighted by Crippen LogP contribution is 2.35. The zero-order chi connectivity index (χ0) is 14.7. The lowest BCUT2D eigenvalue weighted by Gasteiger charge is -2.09. The molecule has 0 unspecified atom stereocenters. The van der Waals surface area contributed by atoms with Crippen LogP contribution in [0.25, 0.3) is 0 Å². The van der Waals surface area contributed by atoms with Gasteiger partial charge in [-0.3, -0.25) is 10.1 Å². The van der Waals surface area contributed by atoms with E-state index in [1.165, 1.54) is 35.3 Å². The molecule has 0 amide bonds. The molecule has 2 saturated heterocycles. The van der Waals surface area contributed by atoms with Gasteiger partial charge in [-0.25, -0.2) is 0 Å². The van der Waals surface area contributed by atoms with Crippen LogP contribution in [0.2, 0.25) is 0 Å². The van der Waals surface area contributed by atoms with Gasteiger partial charge in [0, 0.05) is 13.1 Å². The molecular formula is C16H24N2O2. The number of hydrogen-bond acceptors (Lipinski definition) is 4. The number of hydrogen-bond donors (Lipinski definition) is 2. The van der Waals surface area contributed by atoms with Crippen molar-refractivity contribution in [3.63, 3.8) is 0 Å². The molecule has 0 spiro atoms. The Labute approximate surface area is 120 Å². The van der Waals surface area contributed by atoms with Gasteiger partial charge in [0.2, 0.25) is 0 Å². The Morgan fingerprint density at radius 2 is 1.80 bits per heavy atom. The minimum Gasteiger partial charge on any atom is -0.465 e. The van der Waals surface area contributed by atoms with Gasteiger partial charge in [0.1, 0.15) is 6.04 Å². The van der Waals surface area contributed by atoms with E-state index in [2.05, 4.69) is 43.5 Å². The maximum absolute atomic E-state index is 11.6. The van der Waals surface area contributed by atoms with Crippen molar-refractivity contribution in [2.45, 2.75) is 39.8 Å². The van der Waals surface area contributed by atoms with E-state index >= 15 is 0 Å². The molecular weight excluding hydrogens is 252 g/mol. The Morgan fingerprint density at radius 3 is 2.25 bits per heavy atom. The first-order valence-corrected chi connectivity index (χ1v) is 7.25. The van der Waals surface area contributed by atoms with E-state index in [1.807, 2.05) is 6.92 Å². The standard InChI is InChI=1S/C14H19NO2.C2H5N/c1-5-17-14(16)13-12(15-13)11-9(3)6-8(2)7-10(11)4;1-2-3-1/h6-7,12-13,15H,5H2,1-4H3;3H,1-2H2/t12-,13+;/m0./s1. The zero-order valence-corrected chi connectivity index (χ0v) is 12.7. The number of ether oxygens (including phenoxy) is 1. The number of esters is 1. The minimum absolute atomic E-state index is 0.134. The van der Waals surface area contributed by atoms with E-state index in [4.69, 9.17) is 4.74 Å². The van der Waals surface area contributed by atoms with Crippen molar-refractivity contribution in [2.24, 2.45) is 0 Å². The van der Waals surface area contributed by atoms with Crippen LogP contribution in [-0.2, 0) is 9.53 Å². The smallest absolute Gasteiger partial charge is 0.325 e. The lowest BCUT2D eigenvalue weighted by molar-refractivity contribution is -0.142. The topological polar surface area (TPSA) is 70.2 Å². The van der Waals surface area contributed by atoms with Crippen molar-refractivity contribution in [1.82, 2.24) is 10.6 Å². The number of aryl methyl sites for hydroxylation is 3. The second kappa shape index (κ2) is 6.37. The molecule has 4 nitrogen and oxygen atoms in total. The predicted molar refractivity (Wildman–Crippen MR) is 79.8 cm³/mol. The van der Waals surface area contributed by atoms with Crippen LogP contribution < -0.4 is 10.6 Å². The molecule has 1 aromatic carbocycles. The van der Waals surface area contributed by atoms with E-state index in [1.54, 1.807) is 0 Å². The lowest BCUT2D eigenvalue weighted by atomic mass is 9.96. The molecule has 0 radical (unpaired) electrons. The van der Waals surface area contributed by atoms with E-state index in [0.29, 0.717) is 6.61 Å². The fraction of sp³-hybridized carbons (Fsp3) is 0.562. The summed E-state index contributed by atoms with van der Waals surface area (Å²) in [5.41, 5.74) is 4.99. The molecule has 0 aliphatic carbocycles. The second-order valence-electron chi connectivity index (χ2n) is 5.44. The van der Waals surface area contributed by atoms with E-state index < -0.39 is 0 Å². The Kier molecular flexibility index (Phi) is 4.78. The number of benzene rings is 1. The summed E-state index contributed by atoms with van der Waals surface area (Å²) in [5, 5.41) is 6.20. The summed E-state index contributed by atoms with van der Waals surface area (Å²) in [6.07, 6.45) is 0. The Bertz CT molecular complexity index is 471. The maximum Gasteiger partial charge on any atom is 0.325 e. The number of carbonyl (C=O) groups is 1. The third kappa shape index (κ3) is 3.81. The Balaban J connectivity index is 0.000000432. The molecule has 0 saturated carbocycles. The van der Waals surface area contributed by atoms with Crippen molar-refractivity contribution < 1.29 is 9.53 Å². The first-order chi connectivity index (χ1) is 9.54. The first-order valence-electron chi connectivity index (χ1n) is 7.25. The van der Waals surface area contributed by atoms with Gasteiger partial charge in [0.15, 0.2) is 0 Å². The van der Waals surface area contributed by atoms with Gasteiger partial charge in [-0.15, -0.1) is 0 Å². The van der Waals surface area contributed by atoms with Crippen LogP contribution in [0, 0.1) is 20.8 Å². The second-order valence-corrected chi connectivity index (χ2v) is 5.44. The van der Waals surface area contributed by atoms with Gasteiger partial charge < -0.3 is 10.1 Å². The average molecular weight is 276 g/mol. The normalized spacial score (nSPS) is 22.6. The van der Waals surface area contributed by atoms with Crippen LogP contribution in [0.4, 0.5) is 0 Å². The maximum atomic E-state index is 11.6. The molecule has 1 aromatic rings. The summed E-state index contributed by atoms with van der Waals surface area (Å²) >= 11 is 0. The molecule has 2 aliphatic rings. The van der Waals surface area contributed by atoms with Gasteiger partial charge in [-0.05, 0) is 44.4 Å². The van der Waals surface area contributed by atoms with Gasteiger partial charge in [-0.1, -0.05) is 17.7 Å². The van der Waals surface area contributed by atoms with Gasteiger partial charge in [-0.2, -0.15) is 0 Å². The quantitative estimate of drug-likeness (QED) is 0.652. The molecule has 0 bridgehead atoms. The Morgan fingerprint density at radius 1 is 1.25 bits per heavy atom. The Hall–Kier alpha value is -1.39. The van der Waals surface area contributed by atoms with Crippen LogP contribution in [0.15, 0.2) is 12.1 Å². The highest BCUT2D eigenvalue weighted by atomic mass is 16.5. The molecule has 110 valence electrons. The highest BCUT2D eigenvalue weighted by Gasteiger charge is 2.45. The molecule has 0 aromatic heterocycles. The largest absolute Gasteiger partial charge is 0.465 e. The molecule has 2 fully saturated rings. The van der Waals surface area contributed by atoms with Crippen LogP contribution in [-0.4, -0.2) is 31.7 Å². The average Bonchev–Trinajstić information content (AvgIpc) is 3.23. The molecule has 2 N–H and O–H groups in total. The fourth-order valence-electron chi connectivity index (χ4n) is 2.51. The summed E-state index contributed by atoms with van der Waals surface area (Å²) in [7, 11) is 0. The van der Waals surface area contributed by atoms with Crippen molar-refractivity contribution >= 4 is 5.97 Å². The summed E-state index contributed by atoms with van der Waals surface area (Å²) < 4.78 is 5.02. The number of carbonyl (C=O) groups excluding carboxylic acids is 1. The highest BCUT2D eigenvalue weighted by molar-refractivity contribution is 5.81. The van der Waals surface area contributed by atoms with Crippen molar-refractivity contribution in [3.05, 3.63) is 34.4 Å². The SMILES string of the molecule is C1CN1.CCOC(=O)[C@@H]1N[C@H]1c1c(C)cc(C)cc1C. The fourth-order valence-corrected chi connectivity index (χ4v) is 2.51. The molecule has 2 aliphatic heterocycles. The number of rotatable bonds is 3. The lowest BCUT2D eigenvalue weighted by Crippen LogP contribution is -2.14. The van der Waals surface area contributed by atoms with Gasteiger partial charge >= 0.3 is 5.97 Å². The van der Waals surface area contributed by atoms with E-state index in [0.717, 1.165) is 0 Å². The summed E-state index contributed by atoms with van der Waals surface area (Å²) in [6.45, 7) is 11.1. The van der Waals surface area contributed by atoms with Crippen LogP contribution in [0.5, 0.6) is 0 Å². The van der Waals surface area contributed by atoms with Crippen molar-refractivity contribution in [1.29, 1.82) is 0 Å². The summed E-state index contributed by atoms with van der Waals surface area (Å²) in [4.78, 5) is 11.6. The van der Waals surface area contributed by atoms with Gasteiger partial charge in [0.25, 0.3) is 0 Å². The van der Waals surface area contributed by atoms with Crippen molar-refractivity contribution in [2.75, 3.05) is 19.7 Å². The third-order valence-electron chi connectivity index (χ3n) is 3.42. The predicted octanol–water partition coefficient (Wildman–Crippen LogP) is 1.78. The van der Waals surface area contributed by atoms with Crippen LogP contribution in [0.1, 0.15) is 35.2 Å². The molecule has 3 rings (SSSR count). The van der Waals surface area contributed by atoms with Gasteiger partial charge in [0.05, 0.1) is 12.6 Å². The van der Waals surface area contributed by atoms with Crippen molar-refractivity contribution in [3.8, 4) is 0 Å². The third-order valence-corrected chi connectivity index (χ3v) is 3.42. The summed E-state index contributed by atoms with van der Waals surface area (Å²) in [6, 6.07) is 4.29. The molecule has 4 heteroatoms. The molecule has 2 heterocycles.